The molecule has 2 aliphatic heterocycles. The van der Waals surface area contributed by atoms with E-state index in [4.69, 9.17) is 9.47 Å². The molecule has 0 bridgehead atoms. The molecule has 2 saturated heterocycles. The average molecular weight is 447 g/mol. The molecule has 2 aliphatic rings. The van der Waals surface area contributed by atoms with Crippen LogP contribution < -0.4 is 4.74 Å². The number of amides is 1. The molecule has 1 aromatic heterocycles. The highest BCUT2D eigenvalue weighted by molar-refractivity contribution is 7.89. The van der Waals surface area contributed by atoms with E-state index < -0.39 is 10.0 Å². The maximum atomic E-state index is 12.9. The predicted molar refractivity (Wildman–Crippen MR) is 112 cm³/mol. The van der Waals surface area contributed by atoms with E-state index in [1.54, 1.807) is 23.1 Å². The van der Waals surface area contributed by atoms with Gasteiger partial charge in [0.05, 0.1) is 24.7 Å². The lowest BCUT2D eigenvalue weighted by Gasteiger charge is -2.26. The van der Waals surface area contributed by atoms with Gasteiger partial charge in [-0.3, -0.25) is 4.79 Å². The summed E-state index contributed by atoms with van der Waals surface area (Å²) in [6.45, 7) is 6.18. The molecule has 1 atom stereocenters. The van der Waals surface area contributed by atoms with Crippen molar-refractivity contribution in [2.45, 2.75) is 31.3 Å². The lowest BCUT2D eigenvalue weighted by molar-refractivity contribution is 0.0730. The Kier molecular flexibility index (Phi) is 6.22. The Morgan fingerprint density at radius 1 is 1.10 bits per heavy atom. The molecule has 2 fully saturated rings. The van der Waals surface area contributed by atoms with Gasteiger partial charge in [0.1, 0.15) is 11.9 Å². The highest BCUT2D eigenvalue weighted by Gasteiger charge is 2.30. The van der Waals surface area contributed by atoms with Crippen LogP contribution in [0.4, 0.5) is 0 Å². The number of rotatable bonds is 5. The number of hydrogen-bond acceptors (Lipinski definition) is 7. The van der Waals surface area contributed by atoms with Crippen molar-refractivity contribution < 1.29 is 22.7 Å². The van der Waals surface area contributed by atoms with Gasteiger partial charge in [-0.25, -0.2) is 13.4 Å². The fraction of sp³-hybridized carbons (Fsp3) is 0.476. The molecule has 0 radical (unpaired) electrons. The number of sulfonamides is 1. The zero-order valence-corrected chi connectivity index (χ0v) is 18.5. The van der Waals surface area contributed by atoms with E-state index in [1.165, 1.54) is 16.4 Å². The Bertz CT molecular complexity index is 1030. The van der Waals surface area contributed by atoms with Crippen LogP contribution in [0.1, 0.15) is 28.3 Å². The first kappa shape index (κ1) is 21.7. The van der Waals surface area contributed by atoms with Gasteiger partial charge >= 0.3 is 0 Å². The first-order chi connectivity index (χ1) is 14.8. The summed E-state index contributed by atoms with van der Waals surface area (Å²) in [6.07, 6.45) is 0.566. The Morgan fingerprint density at radius 2 is 1.81 bits per heavy atom. The number of nitrogens with zero attached hydrogens (tertiary/aromatic N) is 4. The first-order valence-corrected chi connectivity index (χ1v) is 11.7. The summed E-state index contributed by atoms with van der Waals surface area (Å²) < 4.78 is 38.0. The number of benzene rings is 1. The number of ether oxygens (including phenoxy) is 2. The van der Waals surface area contributed by atoms with Crippen LogP contribution in [0.25, 0.3) is 0 Å². The molecule has 0 unspecified atom stereocenters. The largest absolute Gasteiger partial charge is 0.472 e. The monoisotopic (exact) mass is 446 g/mol. The summed E-state index contributed by atoms with van der Waals surface area (Å²) in [4.78, 5) is 23.3. The minimum absolute atomic E-state index is 0.140. The van der Waals surface area contributed by atoms with Crippen molar-refractivity contribution in [1.82, 2.24) is 19.2 Å². The van der Waals surface area contributed by atoms with E-state index >= 15 is 0 Å². The molecule has 9 nitrogen and oxygen atoms in total. The molecular weight excluding hydrogens is 420 g/mol. The van der Waals surface area contributed by atoms with Crippen molar-refractivity contribution >= 4 is 15.9 Å². The van der Waals surface area contributed by atoms with Crippen LogP contribution in [-0.4, -0.2) is 79.0 Å². The smallest absolute Gasteiger partial charge is 0.253 e. The van der Waals surface area contributed by atoms with Crippen molar-refractivity contribution in [3.05, 3.63) is 47.4 Å². The van der Waals surface area contributed by atoms with Gasteiger partial charge in [0.25, 0.3) is 5.91 Å². The van der Waals surface area contributed by atoms with Crippen molar-refractivity contribution in [2.75, 3.05) is 39.4 Å². The summed E-state index contributed by atoms with van der Waals surface area (Å²) >= 11 is 0. The Labute approximate surface area is 182 Å². The minimum atomic E-state index is -3.58. The lowest BCUT2D eigenvalue weighted by Crippen LogP contribution is -2.40. The molecule has 2 aromatic rings. The standard InChI is InChI=1S/C21H26N4O5S/c1-15-13-20(23-16(2)22-15)30-18-7-8-24(14-18)21(26)17-3-5-19(6-4-17)31(27,28)25-9-11-29-12-10-25/h3-6,13,18H,7-12,14H2,1-2H3/t18-/m0/s1. The second-order valence-electron chi connectivity index (χ2n) is 7.72. The molecule has 0 saturated carbocycles. The van der Waals surface area contributed by atoms with Crippen molar-refractivity contribution in [2.24, 2.45) is 0 Å². The highest BCUT2D eigenvalue weighted by atomic mass is 32.2. The summed E-state index contributed by atoms with van der Waals surface area (Å²) in [5, 5.41) is 0. The topological polar surface area (TPSA) is 102 Å². The molecule has 0 N–H and O–H groups in total. The molecule has 166 valence electrons. The molecule has 0 spiro atoms. The third kappa shape index (κ3) is 4.86. The average Bonchev–Trinajstić information content (AvgIpc) is 3.21. The van der Waals surface area contributed by atoms with Gasteiger partial charge in [0.15, 0.2) is 0 Å². The molecule has 4 rings (SSSR count). The molecule has 1 amide bonds. The number of morpholine rings is 1. The SMILES string of the molecule is Cc1cc(O[C@H]2CCN(C(=O)c3ccc(S(=O)(=O)N4CCOCC4)cc3)C2)nc(C)n1. The van der Waals surface area contributed by atoms with E-state index in [0.717, 1.165) is 5.69 Å². The highest BCUT2D eigenvalue weighted by Crippen LogP contribution is 2.21. The fourth-order valence-corrected chi connectivity index (χ4v) is 5.22. The predicted octanol–water partition coefficient (Wildman–Crippen LogP) is 1.41. The van der Waals surface area contributed by atoms with Gasteiger partial charge in [-0.1, -0.05) is 0 Å². The molecular formula is C21H26N4O5S. The van der Waals surface area contributed by atoms with Crippen molar-refractivity contribution in [3.8, 4) is 5.88 Å². The van der Waals surface area contributed by atoms with Gasteiger partial charge < -0.3 is 14.4 Å². The second-order valence-corrected chi connectivity index (χ2v) is 9.65. The first-order valence-electron chi connectivity index (χ1n) is 10.3. The number of carbonyl (C=O) groups is 1. The van der Waals surface area contributed by atoms with Crippen LogP contribution in [0.3, 0.4) is 0 Å². The summed E-state index contributed by atoms with van der Waals surface area (Å²) in [5.74, 6) is 1.02. The third-order valence-electron chi connectivity index (χ3n) is 5.37. The van der Waals surface area contributed by atoms with Gasteiger partial charge in [-0.15, -0.1) is 0 Å². The quantitative estimate of drug-likeness (QED) is 0.684. The van der Waals surface area contributed by atoms with Crippen LogP contribution in [0.15, 0.2) is 35.2 Å². The maximum Gasteiger partial charge on any atom is 0.253 e. The van der Waals surface area contributed by atoms with Gasteiger partial charge in [0.2, 0.25) is 15.9 Å². The zero-order chi connectivity index (χ0) is 22.0. The molecule has 0 aliphatic carbocycles. The van der Waals surface area contributed by atoms with Gasteiger partial charge in [0, 0.05) is 43.4 Å². The minimum Gasteiger partial charge on any atom is -0.472 e. The van der Waals surface area contributed by atoms with E-state index in [-0.39, 0.29) is 16.9 Å². The van der Waals surface area contributed by atoms with E-state index in [2.05, 4.69) is 9.97 Å². The van der Waals surface area contributed by atoms with Crippen LogP contribution in [0.2, 0.25) is 0 Å². The number of likely N-dealkylation sites (tertiary alicyclic amines) is 1. The number of carbonyl (C=O) groups excluding carboxylic acids is 1. The van der Waals surface area contributed by atoms with Crippen LogP contribution in [0, 0.1) is 13.8 Å². The van der Waals surface area contributed by atoms with Gasteiger partial charge in [-0.05, 0) is 38.1 Å². The third-order valence-corrected chi connectivity index (χ3v) is 7.28. The summed E-state index contributed by atoms with van der Waals surface area (Å²) in [7, 11) is -3.58. The molecule has 3 heterocycles. The van der Waals surface area contributed by atoms with E-state index in [9.17, 15) is 13.2 Å². The van der Waals surface area contributed by atoms with Crippen molar-refractivity contribution in [3.63, 3.8) is 0 Å². The van der Waals surface area contributed by atoms with Crippen LogP contribution in [0.5, 0.6) is 5.88 Å². The number of aromatic nitrogens is 2. The van der Waals surface area contributed by atoms with E-state index in [0.29, 0.717) is 63.1 Å². The lowest BCUT2D eigenvalue weighted by atomic mass is 10.2. The number of aryl methyl sites for hydroxylation is 2. The number of hydrogen-bond donors (Lipinski definition) is 0. The molecule has 1 aromatic carbocycles. The van der Waals surface area contributed by atoms with Crippen molar-refractivity contribution in [1.29, 1.82) is 0 Å². The Morgan fingerprint density at radius 3 is 2.48 bits per heavy atom. The Hall–Kier alpha value is -2.56. The normalized spacial score (nSPS) is 20.1. The van der Waals surface area contributed by atoms with Gasteiger partial charge in [-0.2, -0.15) is 9.29 Å². The summed E-state index contributed by atoms with van der Waals surface area (Å²) in [6, 6.07) is 7.91. The molecule has 31 heavy (non-hydrogen) atoms. The zero-order valence-electron chi connectivity index (χ0n) is 17.7. The fourth-order valence-electron chi connectivity index (χ4n) is 3.81. The van der Waals surface area contributed by atoms with E-state index in [1.807, 2.05) is 13.8 Å². The second kappa shape index (κ2) is 8.89. The maximum absolute atomic E-state index is 12.9. The van der Waals surface area contributed by atoms with Crippen LogP contribution in [-0.2, 0) is 14.8 Å². The summed E-state index contributed by atoms with van der Waals surface area (Å²) in [5.41, 5.74) is 1.29. The Balaban J connectivity index is 1.39. The van der Waals surface area contributed by atoms with Crippen LogP contribution >= 0.6 is 0 Å². The molecule has 10 heteroatoms.